The molecule has 2 aromatic carbocycles. The molecule has 2 aromatic rings. The first-order valence-corrected chi connectivity index (χ1v) is 10.7. The number of rotatable bonds is 7. The summed E-state index contributed by atoms with van der Waals surface area (Å²) in [5.74, 6) is -0.372. The van der Waals surface area contributed by atoms with Gasteiger partial charge in [0.25, 0.3) is 0 Å². The lowest BCUT2D eigenvalue weighted by atomic mass is 9.77. The highest BCUT2D eigenvalue weighted by atomic mass is 16.5. The molecule has 0 saturated carbocycles. The van der Waals surface area contributed by atoms with Crippen LogP contribution >= 0.6 is 0 Å². The number of carbonyl (C=O) groups excluding carboxylic acids is 2. The maximum absolute atomic E-state index is 13.3. The monoisotopic (exact) mass is 418 g/mol. The van der Waals surface area contributed by atoms with Gasteiger partial charge in [0.2, 0.25) is 11.8 Å². The summed E-state index contributed by atoms with van der Waals surface area (Å²) in [5, 5.41) is 3.00. The number of hydrogen-bond acceptors (Lipinski definition) is 4. The summed E-state index contributed by atoms with van der Waals surface area (Å²) in [4.78, 5) is 28.3. The maximum atomic E-state index is 13.3. The van der Waals surface area contributed by atoms with Crippen molar-refractivity contribution in [2.75, 3.05) is 20.2 Å². The first-order valence-electron chi connectivity index (χ1n) is 10.7. The van der Waals surface area contributed by atoms with Crippen LogP contribution in [-0.2, 0) is 27.3 Å². The Morgan fingerprint density at radius 3 is 2.77 bits per heavy atom. The minimum absolute atomic E-state index is 0.0141. The number of para-hydroxylation sites is 1. The topological polar surface area (TPSA) is 67.9 Å². The van der Waals surface area contributed by atoms with Crippen molar-refractivity contribution in [1.82, 2.24) is 10.2 Å². The molecule has 0 aliphatic carbocycles. The molecule has 2 fully saturated rings. The summed E-state index contributed by atoms with van der Waals surface area (Å²) < 4.78 is 11.6. The number of likely N-dealkylation sites (tertiary alicyclic amines) is 1. The van der Waals surface area contributed by atoms with Gasteiger partial charge in [0.05, 0.1) is 31.6 Å². The van der Waals surface area contributed by atoms with Gasteiger partial charge >= 0.3 is 0 Å². The molecule has 6 nitrogen and oxygen atoms in total. The lowest BCUT2D eigenvalue weighted by molar-refractivity contribution is -0.137. The third-order valence-electron chi connectivity index (χ3n) is 6.64. The van der Waals surface area contributed by atoms with Crippen LogP contribution in [0.3, 0.4) is 0 Å². The first kappa shape index (κ1) is 19.8. The zero-order valence-corrected chi connectivity index (χ0v) is 17.5. The molecule has 3 aliphatic rings. The van der Waals surface area contributed by atoms with Crippen LogP contribution < -0.4 is 10.1 Å². The second kappa shape index (κ2) is 7.85. The first-order chi connectivity index (χ1) is 15.1. The van der Waals surface area contributed by atoms with Gasteiger partial charge in [-0.1, -0.05) is 60.7 Å². The zero-order chi connectivity index (χ0) is 21.4. The van der Waals surface area contributed by atoms with Crippen LogP contribution in [0.25, 0.3) is 0 Å². The number of nitrogens with one attached hydrogen (secondary N) is 1. The van der Waals surface area contributed by atoms with E-state index in [0.717, 1.165) is 17.7 Å². The van der Waals surface area contributed by atoms with Gasteiger partial charge in [0.15, 0.2) is 0 Å². The fourth-order valence-electron chi connectivity index (χ4n) is 5.12. The van der Waals surface area contributed by atoms with Gasteiger partial charge in [-0.25, -0.2) is 0 Å². The van der Waals surface area contributed by atoms with E-state index in [1.165, 1.54) is 5.56 Å². The minimum Gasteiger partial charge on any atom is -0.496 e. The number of nitrogens with zero attached hydrogens (tertiary/aromatic N) is 1. The molecule has 0 radical (unpaired) electrons. The highest BCUT2D eigenvalue weighted by Crippen LogP contribution is 2.51. The molecule has 5 rings (SSSR count). The van der Waals surface area contributed by atoms with Gasteiger partial charge in [-0.15, -0.1) is 0 Å². The number of hydrogen-bond donors (Lipinski definition) is 1. The number of carbonyl (C=O) groups is 2. The summed E-state index contributed by atoms with van der Waals surface area (Å²) in [6, 6.07) is 17.7. The summed E-state index contributed by atoms with van der Waals surface area (Å²) in [6.45, 7) is 1.48. The Bertz CT molecular complexity index is 1020. The van der Waals surface area contributed by atoms with E-state index in [1.54, 1.807) is 7.11 Å². The molecule has 3 aliphatic heterocycles. The van der Waals surface area contributed by atoms with Gasteiger partial charge < -0.3 is 19.7 Å². The molecule has 1 unspecified atom stereocenters. The number of methoxy groups -OCH3 is 1. The van der Waals surface area contributed by atoms with Crippen molar-refractivity contribution in [2.45, 2.75) is 24.7 Å². The highest BCUT2D eigenvalue weighted by molar-refractivity contribution is 5.93. The normalized spacial score (nSPS) is 28.1. The van der Waals surface area contributed by atoms with Crippen molar-refractivity contribution in [3.05, 3.63) is 77.9 Å². The Labute approximate surface area is 181 Å². The summed E-state index contributed by atoms with van der Waals surface area (Å²) in [7, 11) is 1.61. The predicted octanol–water partition coefficient (Wildman–Crippen LogP) is 2.34. The van der Waals surface area contributed by atoms with Crippen molar-refractivity contribution in [3.63, 3.8) is 0 Å². The van der Waals surface area contributed by atoms with Crippen LogP contribution in [0.15, 0.2) is 66.7 Å². The average Bonchev–Trinajstić information content (AvgIpc) is 3.45. The fourth-order valence-corrected chi connectivity index (χ4v) is 5.12. The molecule has 1 N–H and O–H groups in total. The molecule has 2 saturated heterocycles. The third kappa shape index (κ3) is 3.41. The van der Waals surface area contributed by atoms with Crippen LogP contribution in [0.2, 0.25) is 0 Å². The number of fused-ring (bicyclic) bond motifs is 1. The third-order valence-corrected chi connectivity index (χ3v) is 6.64. The molecule has 0 aromatic heterocycles. The zero-order valence-electron chi connectivity index (χ0n) is 17.5. The number of amides is 2. The smallest absolute Gasteiger partial charge is 0.230 e. The average molecular weight is 418 g/mol. The minimum atomic E-state index is -0.676. The van der Waals surface area contributed by atoms with Crippen molar-refractivity contribution in [2.24, 2.45) is 11.8 Å². The van der Waals surface area contributed by atoms with Crippen LogP contribution in [0, 0.1) is 11.8 Å². The second-order valence-corrected chi connectivity index (χ2v) is 8.43. The van der Waals surface area contributed by atoms with Gasteiger partial charge in [0, 0.05) is 18.7 Å². The van der Waals surface area contributed by atoms with Crippen molar-refractivity contribution in [1.29, 1.82) is 0 Å². The quantitative estimate of drug-likeness (QED) is 0.701. The van der Waals surface area contributed by atoms with E-state index in [-0.39, 0.29) is 17.9 Å². The SMILES string of the molecule is COc1ccccc1CNC(=O)C1[C@H]2C=C[C@@]3(CN(CCc4ccccc4)C(=O)[C@@H]13)O2. The Morgan fingerprint density at radius 2 is 1.97 bits per heavy atom. The van der Waals surface area contributed by atoms with E-state index in [2.05, 4.69) is 17.4 Å². The predicted molar refractivity (Wildman–Crippen MR) is 115 cm³/mol. The van der Waals surface area contributed by atoms with Crippen molar-refractivity contribution < 1.29 is 19.1 Å². The van der Waals surface area contributed by atoms with Crippen LogP contribution in [-0.4, -0.2) is 48.6 Å². The van der Waals surface area contributed by atoms with E-state index < -0.39 is 17.4 Å². The lowest BCUT2D eigenvalue weighted by Crippen LogP contribution is -2.44. The largest absolute Gasteiger partial charge is 0.496 e. The second-order valence-electron chi connectivity index (χ2n) is 8.43. The van der Waals surface area contributed by atoms with E-state index in [9.17, 15) is 9.59 Å². The van der Waals surface area contributed by atoms with E-state index in [0.29, 0.717) is 19.6 Å². The molecule has 160 valence electrons. The Balaban J connectivity index is 1.28. The molecule has 2 bridgehead atoms. The van der Waals surface area contributed by atoms with Gasteiger partial charge in [-0.3, -0.25) is 9.59 Å². The summed E-state index contributed by atoms with van der Waals surface area (Å²) in [5.41, 5.74) is 1.41. The summed E-state index contributed by atoms with van der Waals surface area (Å²) >= 11 is 0. The van der Waals surface area contributed by atoms with E-state index >= 15 is 0 Å². The summed E-state index contributed by atoms with van der Waals surface area (Å²) in [6.07, 6.45) is 4.38. The molecular formula is C25H26N2O4. The number of benzene rings is 2. The maximum Gasteiger partial charge on any atom is 0.230 e. The molecule has 31 heavy (non-hydrogen) atoms. The standard InChI is InChI=1S/C25H26N2O4/c1-30-19-10-6-5-9-18(19)15-26-23(28)21-20-11-13-25(31-20)16-27(24(29)22(21)25)14-12-17-7-3-2-4-8-17/h2-11,13,20-22H,12,14-16H2,1H3,(H,26,28)/t20-,21?,22-,25+/m1/s1. The molecule has 2 amide bonds. The van der Waals surface area contributed by atoms with Gasteiger partial charge in [-0.2, -0.15) is 0 Å². The molecule has 6 heteroatoms. The Morgan fingerprint density at radius 1 is 1.19 bits per heavy atom. The van der Waals surface area contributed by atoms with Crippen LogP contribution in [0.5, 0.6) is 5.75 Å². The van der Waals surface area contributed by atoms with Crippen molar-refractivity contribution in [3.8, 4) is 5.75 Å². The lowest BCUT2D eigenvalue weighted by Gasteiger charge is -2.23. The fraction of sp³-hybridized carbons (Fsp3) is 0.360. The highest BCUT2D eigenvalue weighted by Gasteiger charge is 2.66. The molecule has 3 heterocycles. The van der Waals surface area contributed by atoms with Crippen molar-refractivity contribution >= 4 is 11.8 Å². The molecule has 1 spiro atoms. The van der Waals surface area contributed by atoms with Gasteiger partial charge in [0.1, 0.15) is 11.4 Å². The Hall–Kier alpha value is -3.12. The molecular weight excluding hydrogens is 392 g/mol. The van der Waals surface area contributed by atoms with Crippen LogP contribution in [0.1, 0.15) is 11.1 Å². The Kier molecular flexibility index (Phi) is 5.02. The van der Waals surface area contributed by atoms with Crippen LogP contribution in [0.4, 0.5) is 0 Å². The van der Waals surface area contributed by atoms with E-state index in [4.69, 9.17) is 9.47 Å². The van der Waals surface area contributed by atoms with E-state index in [1.807, 2.05) is 59.5 Å². The molecule has 4 atom stereocenters. The number of ether oxygens (including phenoxy) is 2. The van der Waals surface area contributed by atoms with Gasteiger partial charge in [-0.05, 0) is 18.1 Å².